The lowest BCUT2D eigenvalue weighted by molar-refractivity contribution is 0.0755. The summed E-state index contributed by atoms with van der Waals surface area (Å²) in [5.74, 6) is -0.483. The number of amides is 2. The second-order valence-corrected chi connectivity index (χ2v) is 5.18. The number of aromatic nitrogens is 1. The van der Waals surface area contributed by atoms with Gasteiger partial charge in [-0.05, 0) is 25.0 Å². The number of rotatable bonds is 3. The highest BCUT2D eigenvalue weighted by Crippen LogP contribution is 2.15. The number of likely N-dealkylation sites (tertiary alicyclic amines) is 1. The van der Waals surface area contributed by atoms with Crippen molar-refractivity contribution in [1.82, 2.24) is 9.88 Å². The summed E-state index contributed by atoms with van der Waals surface area (Å²) in [5.41, 5.74) is 0.205. The molecule has 116 valence electrons. The zero-order valence-electron chi connectivity index (χ0n) is 12.1. The SMILES string of the molecule is O=C(Nc1nc(C(=O)N2CCCCCC2)co1)c1ccco1. The van der Waals surface area contributed by atoms with Crippen molar-refractivity contribution in [2.75, 3.05) is 18.4 Å². The molecule has 2 aromatic heterocycles. The molecule has 0 aliphatic carbocycles. The van der Waals surface area contributed by atoms with Gasteiger partial charge in [0.15, 0.2) is 11.5 Å². The lowest BCUT2D eigenvalue weighted by Gasteiger charge is -2.18. The minimum Gasteiger partial charge on any atom is -0.459 e. The molecule has 1 N–H and O–H groups in total. The van der Waals surface area contributed by atoms with Crippen molar-refractivity contribution < 1.29 is 18.4 Å². The Morgan fingerprint density at radius 2 is 1.91 bits per heavy atom. The molecule has 1 aliphatic heterocycles. The van der Waals surface area contributed by atoms with Crippen LogP contribution in [0, 0.1) is 0 Å². The smallest absolute Gasteiger partial charge is 0.302 e. The lowest BCUT2D eigenvalue weighted by Crippen LogP contribution is -2.32. The van der Waals surface area contributed by atoms with Gasteiger partial charge in [0, 0.05) is 13.1 Å². The third-order valence-electron chi connectivity index (χ3n) is 3.58. The van der Waals surface area contributed by atoms with Crippen LogP contribution in [0.2, 0.25) is 0 Å². The van der Waals surface area contributed by atoms with E-state index in [1.165, 1.54) is 18.6 Å². The number of oxazole rings is 1. The van der Waals surface area contributed by atoms with Gasteiger partial charge in [-0.25, -0.2) is 0 Å². The zero-order chi connectivity index (χ0) is 15.4. The molecule has 0 spiro atoms. The largest absolute Gasteiger partial charge is 0.459 e. The molecule has 1 aliphatic rings. The molecular formula is C15H17N3O4. The van der Waals surface area contributed by atoms with Crippen LogP contribution in [-0.4, -0.2) is 34.8 Å². The van der Waals surface area contributed by atoms with E-state index >= 15 is 0 Å². The molecular weight excluding hydrogens is 286 g/mol. The molecule has 0 aromatic carbocycles. The Balaban J connectivity index is 1.65. The fourth-order valence-electron chi connectivity index (χ4n) is 2.43. The molecule has 0 saturated carbocycles. The molecule has 0 atom stereocenters. The van der Waals surface area contributed by atoms with Crippen molar-refractivity contribution >= 4 is 17.8 Å². The van der Waals surface area contributed by atoms with Gasteiger partial charge in [-0.15, -0.1) is 0 Å². The maximum absolute atomic E-state index is 12.4. The van der Waals surface area contributed by atoms with Crippen LogP contribution in [-0.2, 0) is 0 Å². The maximum Gasteiger partial charge on any atom is 0.302 e. The number of furan rings is 1. The average Bonchev–Trinajstić information content (AvgIpc) is 3.13. The fraction of sp³-hybridized carbons (Fsp3) is 0.400. The van der Waals surface area contributed by atoms with Gasteiger partial charge in [0.05, 0.1) is 6.26 Å². The highest BCUT2D eigenvalue weighted by Gasteiger charge is 2.21. The van der Waals surface area contributed by atoms with Gasteiger partial charge in [-0.2, -0.15) is 4.98 Å². The molecule has 3 rings (SSSR count). The molecule has 22 heavy (non-hydrogen) atoms. The summed E-state index contributed by atoms with van der Waals surface area (Å²) in [6, 6.07) is 3.12. The minimum atomic E-state index is -0.472. The lowest BCUT2D eigenvalue weighted by atomic mass is 10.2. The third kappa shape index (κ3) is 3.19. The molecule has 0 radical (unpaired) electrons. The van der Waals surface area contributed by atoms with Crippen molar-refractivity contribution in [2.45, 2.75) is 25.7 Å². The third-order valence-corrected chi connectivity index (χ3v) is 3.58. The first-order chi connectivity index (χ1) is 10.7. The highest BCUT2D eigenvalue weighted by molar-refractivity contribution is 6.01. The van der Waals surface area contributed by atoms with Gasteiger partial charge >= 0.3 is 6.01 Å². The first-order valence-corrected chi connectivity index (χ1v) is 7.34. The highest BCUT2D eigenvalue weighted by atomic mass is 16.4. The number of carbonyl (C=O) groups is 2. The zero-order valence-corrected chi connectivity index (χ0v) is 12.1. The van der Waals surface area contributed by atoms with E-state index in [9.17, 15) is 9.59 Å². The molecule has 2 aromatic rings. The molecule has 1 fully saturated rings. The van der Waals surface area contributed by atoms with Crippen LogP contribution >= 0.6 is 0 Å². The topological polar surface area (TPSA) is 88.6 Å². The molecule has 0 unspecified atom stereocenters. The van der Waals surface area contributed by atoms with Crippen molar-refractivity contribution in [3.05, 3.63) is 36.1 Å². The molecule has 7 nitrogen and oxygen atoms in total. The predicted octanol–water partition coefficient (Wildman–Crippen LogP) is 2.54. The summed E-state index contributed by atoms with van der Waals surface area (Å²) < 4.78 is 10.1. The van der Waals surface area contributed by atoms with Crippen molar-refractivity contribution in [2.24, 2.45) is 0 Å². The number of nitrogens with one attached hydrogen (secondary N) is 1. The second-order valence-electron chi connectivity index (χ2n) is 5.18. The first-order valence-electron chi connectivity index (χ1n) is 7.34. The summed E-state index contributed by atoms with van der Waals surface area (Å²) in [6.45, 7) is 1.47. The Hall–Kier alpha value is -2.57. The summed E-state index contributed by atoms with van der Waals surface area (Å²) >= 11 is 0. The van der Waals surface area contributed by atoms with Crippen LogP contribution in [0.4, 0.5) is 6.01 Å². The molecule has 1 saturated heterocycles. The van der Waals surface area contributed by atoms with E-state index < -0.39 is 5.91 Å². The van der Waals surface area contributed by atoms with Gasteiger partial charge in [0.2, 0.25) is 0 Å². The Morgan fingerprint density at radius 1 is 1.14 bits per heavy atom. The summed E-state index contributed by atoms with van der Waals surface area (Å²) in [7, 11) is 0. The Kier molecular flexibility index (Phi) is 4.22. The van der Waals surface area contributed by atoms with Crippen LogP contribution in [0.25, 0.3) is 0 Å². The average molecular weight is 303 g/mol. The van der Waals surface area contributed by atoms with Crippen LogP contribution < -0.4 is 5.32 Å². The quantitative estimate of drug-likeness (QED) is 0.941. The number of hydrogen-bond donors (Lipinski definition) is 1. The molecule has 3 heterocycles. The van der Waals surface area contributed by atoms with E-state index in [2.05, 4.69) is 10.3 Å². The van der Waals surface area contributed by atoms with Crippen molar-refractivity contribution in [1.29, 1.82) is 0 Å². The Morgan fingerprint density at radius 3 is 2.59 bits per heavy atom. The van der Waals surface area contributed by atoms with Crippen LogP contribution in [0.5, 0.6) is 0 Å². The van der Waals surface area contributed by atoms with Gasteiger partial charge in [-0.1, -0.05) is 12.8 Å². The second kappa shape index (κ2) is 6.46. The number of hydrogen-bond acceptors (Lipinski definition) is 5. The molecule has 0 bridgehead atoms. The van der Waals surface area contributed by atoms with Crippen LogP contribution in [0.3, 0.4) is 0 Å². The van der Waals surface area contributed by atoms with Crippen molar-refractivity contribution in [3.63, 3.8) is 0 Å². The van der Waals surface area contributed by atoms with Crippen LogP contribution in [0.1, 0.15) is 46.7 Å². The normalized spacial score (nSPS) is 15.4. The summed E-state index contributed by atoms with van der Waals surface area (Å²) in [6.07, 6.45) is 6.97. The van der Waals surface area contributed by atoms with E-state index in [-0.39, 0.29) is 23.4 Å². The minimum absolute atomic E-state index is 0.0143. The van der Waals surface area contributed by atoms with E-state index in [1.807, 2.05) is 0 Å². The van der Waals surface area contributed by atoms with Crippen LogP contribution in [0.15, 0.2) is 33.5 Å². The van der Waals surface area contributed by atoms with E-state index in [4.69, 9.17) is 8.83 Å². The van der Waals surface area contributed by atoms with E-state index in [0.717, 1.165) is 38.8 Å². The van der Waals surface area contributed by atoms with E-state index in [0.29, 0.717) is 0 Å². The Bertz CT molecular complexity index is 640. The standard InChI is InChI=1S/C15H17N3O4/c19-13(12-6-5-9-21-12)17-15-16-11(10-22-15)14(20)18-7-3-1-2-4-8-18/h5-6,9-10H,1-4,7-8H2,(H,16,17,19). The van der Waals surface area contributed by atoms with Crippen molar-refractivity contribution in [3.8, 4) is 0 Å². The number of carbonyl (C=O) groups excluding carboxylic acids is 2. The van der Waals surface area contributed by atoms with Gasteiger partial charge in [0.25, 0.3) is 11.8 Å². The first kappa shape index (κ1) is 14.4. The summed E-state index contributed by atoms with van der Waals surface area (Å²) in [5, 5.41) is 2.45. The van der Waals surface area contributed by atoms with Gasteiger partial charge < -0.3 is 13.7 Å². The monoisotopic (exact) mass is 303 g/mol. The van der Waals surface area contributed by atoms with E-state index in [1.54, 1.807) is 11.0 Å². The summed E-state index contributed by atoms with van der Waals surface area (Å²) in [4.78, 5) is 30.0. The number of nitrogens with zero attached hydrogens (tertiary/aromatic N) is 2. The number of anilines is 1. The van der Waals surface area contributed by atoms with Gasteiger partial charge in [-0.3, -0.25) is 14.9 Å². The fourth-order valence-corrected chi connectivity index (χ4v) is 2.43. The Labute approximate surface area is 127 Å². The van der Waals surface area contributed by atoms with Gasteiger partial charge in [0.1, 0.15) is 6.26 Å². The predicted molar refractivity (Wildman–Crippen MR) is 77.5 cm³/mol. The molecule has 7 heteroatoms. The molecule has 2 amide bonds. The maximum atomic E-state index is 12.4.